The highest BCUT2D eigenvalue weighted by Crippen LogP contribution is 2.31. The van der Waals surface area contributed by atoms with Crippen molar-refractivity contribution in [1.82, 2.24) is 4.98 Å². The number of carbonyl (C=O) groups is 1. The summed E-state index contributed by atoms with van der Waals surface area (Å²) >= 11 is 1.29. The summed E-state index contributed by atoms with van der Waals surface area (Å²) in [5.74, 6) is -0.0821. The summed E-state index contributed by atoms with van der Waals surface area (Å²) in [4.78, 5) is 28.4. The van der Waals surface area contributed by atoms with E-state index in [1.54, 1.807) is 19.9 Å². The molecule has 0 amide bonds. The number of fused-ring (bicyclic) bond motifs is 1. The molecule has 2 heterocycles. The molecule has 0 atom stereocenters. The third-order valence-electron chi connectivity index (χ3n) is 4.57. The molecule has 0 aliphatic carbocycles. The van der Waals surface area contributed by atoms with Crippen molar-refractivity contribution in [2.24, 2.45) is 0 Å². The number of ether oxygens (including phenoxy) is 1. The number of thioether (sulfide) groups is 1. The Kier molecular flexibility index (Phi) is 6.43. The number of phenols is 1. The van der Waals surface area contributed by atoms with Gasteiger partial charge in [0.25, 0.3) is 0 Å². The highest BCUT2D eigenvalue weighted by molar-refractivity contribution is 7.98. The maximum Gasteiger partial charge on any atom is 0.340 e. The smallest absolute Gasteiger partial charge is 0.340 e. The molecule has 8 heteroatoms. The quantitative estimate of drug-likeness (QED) is 0.357. The van der Waals surface area contributed by atoms with Crippen LogP contribution in [0.4, 0.5) is 0 Å². The van der Waals surface area contributed by atoms with Crippen LogP contribution in [0.15, 0.2) is 38.5 Å². The molecule has 0 radical (unpaired) electrons. The van der Waals surface area contributed by atoms with E-state index in [9.17, 15) is 20.0 Å². The van der Waals surface area contributed by atoms with Gasteiger partial charge in [0.2, 0.25) is 0 Å². The number of carbonyl (C=O) groups excluding carboxylic acids is 1. The molecule has 0 spiro atoms. The molecule has 0 fully saturated rings. The van der Waals surface area contributed by atoms with Gasteiger partial charge in [-0.3, -0.25) is 0 Å². The minimum atomic E-state index is -0.524. The lowest BCUT2D eigenvalue weighted by Gasteiger charge is -2.11. The molecule has 7 nitrogen and oxygen atoms in total. The third kappa shape index (κ3) is 4.31. The van der Waals surface area contributed by atoms with Crippen LogP contribution in [-0.4, -0.2) is 22.7 Å². The van der Waals surface area contributed by atoms with Crippen LogP contribution in [0.2, 0.25) is 0 Å². The summed E-state index contributed by atoms with van der Waals surface area (Å²) in [5.41, 5.74) is 2.20. The van der Waals surface area contributed by atoms with Crippen molar-refractivity contribution in [2.75, 3.05) is 6.61 Å². The Balaban J connectivity index is 1.98. The van der Waals surface area contributed by atoms with Gasteiger partial charge in [0.05, 0.1) is 23.4 Å². The van der Waals surface area contributed by atoms with Gasteiger partial charge >= 0.3 is 11.6 Å². The van der Waals surface area contributed by atoms with Gasteiger partial charge in [-0.25, -0.2) is 14.6 Å². The van der Waals surface area contributed by atoms with Crippen molar-refractivity contribution >= 4 is 28.7 Å². The largest absolute Gasteiger partial charge is 0.508 e. The summed E-state index contributed by atoms with van der Waals surface area (Å²) in [6, 6.07) is 8.19. The Morgan fingerprint density at radius 1 is 1.27 bits per heavy atom. The molecule has 154 valence electrons. The molecule has 0 aliphatic heterocycles. The average Bonchev–Trinajstić information content (AvgIpc) is 2.71. The number of aryl methyl sites for hydroxylation is 2. The van der Waals surface area contributed by atoms with Gasteiger partial charge < -0.3 is 14.3 Å². The summed E-state index contributed by atoms with van der Waals surface area (Å²) in [5, 5.41) is 20.7. The number of nitrogens with zero attached hydrogens (tertiary/aromatic N) is 2. The van der Waals surface area contributed by atoms with Crippen LogP contribution in [-0.2, 0) is 16.9 Å². The fraction of sp³-hybridized carbons (Fsp3) is 0.273. The number of hydrogen-bond acceptors (Lipinski definition) is 8. The van der Waals surface area contributed by atoms with Crippen LogP contribution in [0.3, 0.4) is 0 Å². The molecule has 0 saturated carbocycles. The molecule has 2 aromatic heterocycles. The van der Waals surface area contributed by atoms with Crippen LogP contribution in [0.1, 0.15) is 46.6 Å². The number of esters is 1. The number of pyridine rings is 1. The van der Waals surface area contributed by atoms with Crippen molar-refractivity contribution in [1.29, 1.82) is 5.26 Å². The van der Waals surface area contributed by atoms with Gasteiger partial charge in [-0.1, -0.05) is 6.92 Å². The number of aromatic hydroxyl groups is 1. The van der Waals surface area contributed by atoms with Crippen molar-refractivity contribution in [2.45, 2.75) is 38.0 Å². The number of benzene rings is 1. The Bertz CT molecular complexity index is 1230. The standard InChI is InChI=1S/C22H20N2O5S/c1-4-13-6-17-15(8-20(26)29-19(17)9-18(13)25)11-30-21-14(10-23)7-16(12(3)24-21)22(27)28-5-2/h6-9,25H,4-5,11H2,1-3H3. The predicted octanol–water partition coefficient (Wildman–Crippen LogP) is 4.11. The summed E-state index contributed by atoms with van der Waals surface area (Å²) in [6.45, 7) is 5.54. The van der Waals surface area contributed by atoms with Crippen LogP contribution in [0, 0.1) is 18.3 Å². The second-order valence-electron chi connectivity index (χ2n) is 6.52. The first-order valence-corrected chi connectivity index (χ1v) is 10.4. The molecule has 30 heavy (non-hydrogen) atoms. The van der Waals surface area contributed by atoms with E-state index in [0.29, 0.717) is 34.0 Å². The first-order chi connectivity index (χ1) is 14.4. The molecule has 0 saturated heterocycles. The van der Waals surface area contributed by atoms with Crippen molar-refractivity contribution in [3.63, 3.8) is 0 Å². The zero-order chi connectivity index (χ0) is 21.8. The molecule has 1 N–H and O–H groups in total. The van der Waals surface area contributed by atoms with Gasteiger partial charge in [-0.05, 0) is 43.5 Å². The normalized spacial score (nSPS) is 10.7. The second-order valence-corrected chi connectivity index (χ2v) is 7.48. The SMILES string of the molecule is CCOC(=O)c1cc(C#N)c(SCc2cc(=O)oc3cc(O)c(CC)cc23)nc1C. The van der Waals surface area contributed by atoms with E-state index in [2.05, 4.69) is 11.1 Å². The van der Waals surface area contributed by atoms with E-state index in [-0.39, 0.29) is 23.5 Å². The van der Waals surface area contributed by atoms with Crippen LogP contribution >= 0.6 is 11.8 Å². The Hall–Kier alpha value is -3.31. The maximum absolute atomic E-state index is 12.1. The number of hydrogen-bond donors (Lipinski definition) is 1. The van der Waals surface area contributed by atoms with Gasteiger partial charge in [0.1, 0.15) is 22.4 Å². The highest BCUT2D eigenvalue weighted by Gasteiger charge is 2.17. The molecule has 1 aromatic carbocycles. The van der Waals surface area contributed by atoms with Gasteiger partial charge in [0, 0.05) is 23.3 Å². The maximum atomic E-state index is 12.1. The molecular weight excluding hydrogens is 404 g/mol. The summed E-state index contributed by atoms with van der Waals surface area (Å²) in [6.07, 6.45) is 0.627. The lowest BCUT2D eigenvalue weighted by Crippen LogP contribution is -2.09. The van der Waals surface area contributed by atoms with E-state index in [0.717, 1.165) is 10.9 Å². The molecule has 0 unspecified atom stereocenters. The van der Waals surface area contributed by atoms with Gasteiger partial charge in [0.15, 0.2) is 0 Å². The first-order valence-electron chi connectivity index (χ1n) is 9.38. The summed E-state index contributed by atoms with van der Waals surface area (Å²) in [7, 11) is 0. The van der Waals surface area contributed by atoms with E-state index in [4.69, 9.17) is 9.15 Å². The molecule has 3 aromatic rings. The van der Waals surface area contributed by atoms with E-state index < -0.39 is 11.6 Å². The lowest BCUT2D eigenvalue weighted by molar-refractivity contribution is 0.0524. The lowest BCUT2D eigenvalue weighted by atomic mass is 10.1. The molecular formula is C22H20N2O5S. The fourth-order valence-corrected chi connectivity index (χ4v) is 4.04. The zero-order valence-corrected chi connectivity index (χ0v) is 17.6. The molecule has 3 rings (SSSR count). The number of phenolic OH excluding ortho intramolecular Hbond substituents is 1. The third-order valence-corrected chi connectivity index (χ3v) is 5.61. The second kappa shape index (κ2) is 9.01. The van der Waals surface area contributed by atoms with E-state index >= 15 is 0 Å². The fourth-order valence-electron chi connectivity index (χ4n) is 3.04. The first kappa shape index (κ1) is 21.4. The zero-order valence-electron chi connectivity index (χ0n) is 16.8. The predicted molar refractivity (Wildman–Crippen MR) is 113 cm³/mol. The number of rotatable bonds is 6. The van der Waals surface area contributed by atoms with Crippen molar-refractivity contribution in [3.8, 4) is 11.8 Å². The van der Waals surface area contributed by atoms with E-state index in [1.807, 2.05) is 6.92 Å². The molecule has 0 bridgehead atoms. The Morgan fingerprint density at radius 3 is 2.70 bits per heavy atom. The molecule has 0 aliphatic rings. The Morgan fingerprint density at radius 2 is 2.03 bits per heavy atom. The van der Waals surface area contributed by atoms with Crippen LogP contribution in [0.5, 0.6) is 5.75 Å². The van der Waals surface area contributed by atoms with Crippen molar-refractivity contribution in [3.05, 3.63) is 62.6 Å². The van der Waals surface area contributed by atoms with Crippen molar-refractivity contribution < 1.29 is 19.1 Å². The van der Waals surface area contributed by atoms with Crippen LogP contribution in [0.25, 0.3) is 11.0 Å². The minimum Gasteiger partial charge on any atom is -0.508 e. The highest BCUT2D eigenvalue weighted by atomic mass is 32.2. The average molecular weight is 424 g/mol. The number of nitriles is 1. The Labute approximate surface area is 177 Å². The van der Waals surface area contributed by atoms with E-state index in [1.165, 1.54) is 30.0 Å². The topological polar surface area (TPSA) is 113 Å². The van der Waals surface area contributed by atoms with Gasteiger partial charge in [-0.2, -0.15) is 5.26 Å². The monoisotopic (exact) mass is 424 g/mol. The minimum absolute atomic E-state index is 0.0802. The summed E-state index contributed by atoms with van der Waals surface area (Å²) < 4.78 is 10.2. The van der Waals surface area contributed by atoms with Gasteiger partial charge in [-0.15, -0.1) is 11.8 Å². The number of aromatic nitrogens is 1. The van der Waals surface area contributed by atoms with Crippen LogP contribution < -0.4 is 5.63 Å².